The van der Waals surface area contributed by atoms with Gasteiger partial charge in [-0.15, -0.1) is 0 Å². The molecular weight excluding hydrogens is 262 g/mol. The summed E-state index contributed by atoms with van der Waals surface area (Å²) in [5.74, 6) is -2.28. The van der Waals surface area contributed by atoms with Gasteiger partial charge in [0, 0.05) is 32.7 Å². The van der Waals surface area contributed by atoms with Crippen LogP contribution in [-0.2, 0) is 14.8 Å². The van der Waals surface area contributed by atoms with Crippen molar-refractivity contribution in [2.75, 3.05) is 38.5 Å². The fraction of sp³-hybridized carbons (Fsp3) is 0.778. The highest BCUT2D eigenvalue weighted by Gasteiger charge is 2.30. The Bertz CT molecular complexity index is 414. The minimum Gasteiger partial charge on any atom is -0.480 e. The van der Waals surface area contributed by atoms with E-state index in [1.807, 2.05) is 0 Å². The molecule has 2 amide bonds. The minimum absolute atomic E-state index is 0.132. The fourth-order valence-electron chi connectivity index (χ4n) is 1.68. The molecule has 1 rings (SSSR count). The van der Waals surface area contributed by atoms with Crippen molar-refractivity contribution < 1.29 is 23.1 Å². The van der Waals surface area contributed by atoms with Gasteiger partial charge in [0.2, 0.25) is 10.0 Å². The summed E-state index contributed by atoms with van der Waals surface area (Å²) in [6.07, 6.45) is 0. The second-order valence-electron chi connectivity index (χ2n) is 3.87. The lowest BCUT2D eigenvalue weighted by molar-refractivity contribution is -0.134. The molecule has 2 N–H and O–H groups in total. The number of sulfonamides is 1. The van der Waals surface area contributed by atoms with Gasteiger partial charge < -0.3 is 15.3 Å². The van der Waals surface area contributed by atoms with Crippen LogP contribution in [0.5, 0.6) is 0 Å². The molecule has 0 saturated carbocycles. The van der Waals surface area contributed by atoms with Gasteiger partial charge in [-0.25, -0.2) is 13.2 Å². The molecule has 9 heteroatoms. The van der Waals surface area contributed by atoms with E-state index in [1.165, 1.54) is 4.90 Å². The largest absolute Gasteiger partial charge is 0.480 e. The molecule has 8 nitrogen and oxygen atoms in total. The Kier molecular flexibility index (Phi) is 4.91. The van der Waals surface area contributed by atoms with E-state index in [1.54, 1.807) is 6.92 Å². The Morgan fingerprint density at radius 3 is 2.22 bits per heavy atom. The number of rotatable bonds is 4. The number of carbonyl (C=O) groups is 2. The lowest BCUT2D eigenvalue weighted by Gasteiger charge is -2.33. The Labute approximate surface area is 106 Å². The Hall–Kier alpha value is -1.35. The number of carbonyl (C=O) groups excluding carboxylic acids is 1. The van der Waals surface area contributed by atoms with Gasteiger partial charge >= 0.3 is 12.0 Å². The van der Waals surface area contributed by atoms with Crippen molar-refractivity contribution in [1.29, 1.82) is 0 Å². The van der Waals surface area contributed by atoms with Crippen LogP contribution in [0.4, 0.5) is 4.79 Å². The van der Waals surface area contributed by atoms with Gasteiger partial charge in [0.05, 0.1) is 0 Å². The summed E-state index contributed by atoms with van der Waals surface area (Å²) < 4.78 is 24.4. The van der Waals surface area contributed by atoms with Gasteiger partial charge in [-0.05, 0) is 6.92 Å². The van der Waals surface area contributed by atoms with E-state index in [0.29, 0.717) is 6.54 Å². The maximum atomic E-state index is 11.6. The maximum absolute atomic E-state index is 11.6. The quantitative estimate of drug-likeness (QED) is 0.668. The number of hydrogen-bond donors (Lipinski definition) is 2. The summed E-state index contributed by atoms with van der Waals surface area (Å²) in [5, 5.41) is 11.1. The van der Waals surface area contributed by atoms with Crippen molar-refractivity contribution in [3.63, 3.8) is 0 Å². The molecule has 1 aliphatic heterocycles. The molecule has 0 atom stereocenters. The van der Waals surface area contributed by atoms with Gasteiger partial charge in [-0.2, -0.15) is 4.31 Å². The van der Waals surface area contributed by atoms with Crippen molar-refractivity contribution in [3.05, 3.63) is 0 Å². The molecule has 0 radical (unpaired) electrons. The highest BCUT2D eigenvalue weighted by molar-refractivity contribution is 7.89. The number of nitrogens with zero attached hydrogens (tertiary/aromatic N) is 2. The van der Waals surface area contributed by atoms with Crippen molar-refractivity contribution in [3.8, 4) is 0 Å². The first-order valence-electron chi connectivity index (χ1n) is 5.59. The first kappa shape index (κ1) is 14.7. The number of aliphatic carboxylic acids is 1. The summed E-state index contributed by atoms with van der Waals surface area (Å²) in [5.41, 5.74) is 0. The molecule has 104 valence electrons. The standard InChI is InChI=1S/C9H17N3O5S/c1-2-10-9(15)11-3-5-12(6-4-11)18(16,17)7-8(13)14/h2-7H2,1H3,(H,10,15)(H,13,14). The average Bonchev–Trinajstić information content (AvgIpc) is 2.28. The van der Waals surface area contributed by atoms with E-state index >= 15 is 0 Å². The Balaban J connectivity index is 2.53. The molecule has 0 aromatic heterocycles. The normalized spacial score (nSPS) is 17.5. The second kappa shape index (κ2) is 6.01. The zero-order chi connectivity index (χ0) is 13.8. The number of amides is 2. The third-order valence-electron chi connectivity index (χ3n) is 2.55. The molecule has 0 bridgehead atoms. The van der Waals surface area contributed by atoms with Crippen LogP contribution in [-0.4, -0.2) is 73.2 Å². The molecule has 0 aliphatic carbocycles. The molecule has 0 spiro atoms. The van der Waals surface area contributed by atoms with E-state index in [2.05, 4.69) is 5.32 Å². The van der Waals surface area contributed by atoms with Crippen molar-refractivity contribution in [2.24, 2.45) is 0 Å². The van der Waals surface area contributed by atoms with Crippen LogP contribution in [0.15, 0.2) is 0 Å². The van der Waals surface area contributed by atoms with E-state index in [9.17, 15) is 18.0 Å². The van der Waals surface area contributed by atoms with Crippen molar-refractivity contribution in [1.82, 2.24) is 14.5 Å². The molecule has 18 heavy (non-hydrogen) atoms. The van der Waals surface area contributed by atoms with Crippen LogP contribution in [0.1, 0.15) is 6.92 Å². The van der Waals surface area contributed by atoms with E-state index in [0.717, 1.165) is 4.31 Å². The van der Waals surface area contributed by atoms with Crippen LogP contribution < -0.4 is 5.32 Å². The molecular formula is C9H17N3O5S. The third-order valence-corrected chi connectivity index (χ3v) is 4.32. The van der Waals surface area contributed by atoms with Gasteiger partial charge in [-0.1, -0.05) is 0 Å². The lowest BCUT2D eigenvalue weighted by atomic mass is 10.4. The predicted molar refractivity (Wildman–Crippen MR) is 63.6 cm³/mol. The highest BCUT2D eigenvalue weighted by atomic mass is 32.2. The number of carboxylic acid groups (broad SMARTS) is 1. The summed E-state index contributed by atoms with van der Waals surface area (Å²) in [7, 11) is -3.77. The molecule has 0 aromatic rings. The van der Waals surface area contributed by atoms with Gasteiger partial charge in [0.1, 0.15) is 0 Å². The van der Waals surface area contributed by atoms with Crippen LogP contribution in [0.3, 0.4) is 0 Å². The summed E-state index contributed by atoms with van der Waals surface area (Å²) in [6, 6.07) is -0.229. The maximum Gasteiger partial charge on any atom is 0.320 e. The number of urea groups is 1. The monoisotopic (exact) mass is 279 g/mol. The van der Waals surface area contributed by atoms with E-state index < -0.39 is 21.7 Å². The molecule has 1 fully saturated rings. The number of carboxylic acids is 1. The molecule has 1 saturated heterocycles. The van der Waals surface area contributed by atoms with Gasteiger partial charge in [-0.3, -0.25) is 4.79 Å². The van der Waals surface area contributed by atoms with E-state index in [4.69, 9.17) is 5.11 Å². The number of piperazine rings is 1. The molecule has 0 unspecified atom stereocenters. The number of nitrogens with one attached hydrogen (secondary N) is 1. The molecule has 0 aromatic carbocycles. The molecule has 1 aliphatic rings. The predicted octanol–water partition coefficient (Wildman–Crippen LogP) is -1.25. The van der Waals surface area contributed by atoms with Gasteiger partial charge in [0.25, 0.3) is 0 Å². The zero-order valence-corrected chi connectivity index (χ0v) is 10.9. The second-order valence-corrected chi connectivity index (χ2v) is 5.84. The van der Waals surface area contributed by atoms with Crippen LogP contribution in [0.25, 0.3) is 0 Å². The highest BCUT2D eigenvalue weighted by Crippen LogP contribution is 2.08. The smallest absolute Gasteiger partial charge is 0.320 e. The summed E-state index contributed by atoms with van der Waals surface area (Å²) >= 11 is 0. The van der Waals surface area contributed by atoms with Gasteiger partial charge in [0.15, 0.2) is 5.75 Å². The Morgan fingerprint density at radius 2 is 1.78 bits per heavy atom. The van der Waals surface area contributed by atoms with E-state index in [-0.39, 0.29) is 32.2 Å². The summed E-state index contributed by atoms with van der Waals surface area (Å²) in [4.78, 5) is 23.4. The van der Waals surface area contributed by atoms with Crippen LogP contribution in [0, 0.1) is 0 Å². The first-order valence-corrected chi connectivity index (χ1v) is 7.20. The van der Waals surface area contributed by atoms with Crippen molar-refractivity contribution >= 4 is 22.0 Å². The SMILES string of the molecule is CCNC(=O)N1CCN(S(=O)(=O)CC(=O)O)CC1. The third kappa shape index (κ3) is 3.84. The lowest BCUT2D eigenvalue weighted by Crippen LogP contribution is -2.53. The summed E-state index contributed by atoms with van der Waals surface area (Å²) in [6.45, 7) is 3.11. The number of hydrogen-bond acceptors (Lipinski definition) is 4. The fourth-order valence-corrected chi connectivity index (χ4v) is 2.89. The van der Waals surface area contributed by atoms with Crippen LogP contribution >= 0.6 is 0 Å². The van der Waals surface area contributed by atoms with Crippen LogP contribution in [0.2, 0.25) is 0 Å². The zero-order valence-electron chi connectivity index (χ0n) is 10.1. The minimum atomic E-state index is -3.77. The van der Waals surface area contributed by atoms with Crippen molar-refractivity contribution in [2.45, 2.75) is 6.92 Å². The molecule has 1 heterocycles. The Morgan fingerprint density at radius 1 is 1.22 bits per heavy atom. The first-order chi connectivity index (χ1) is 8.36. The topological polar surface area (TPSA) is 107 Å². The average molecular weight is 279 g/mol.